The molecule has 1 saturated heterocycles. The van der Waals surface area contributed by atoms with E-state index in [1.807, 2.05) is 18.5 Å². The van der Waals surface area contributed by atoms with Gasteiger partial charge in [0, 0.05) is 53.5 Å². The highest BCUT2D eigenvalue weighted by Crippen LogP contribution is 2.40. The van der Waals surface area contributed by atoms with Crippen LogP contribution in [0.15, 0.2) is 48.9 Å². The van der Waals surface area contributed by atoms with Crippen LogP contribution in [0.25, 0.3) is 21.8 Å². The number of benzene rings is 1. The number of alkyl halides is 3. The number of fused-ring (bicyclic) bond motifs is 3. The van der Waals surface area contributed by atoms with Gasteiger partial charge in [-0.3, -0.25) is 0 Å². The molecule has 4 heterocycles. The van der Waals surface area contributed by atoms with Crippen LogP contribution in [0.3, 0.4) is 0 Å². The van der Waals surface area contributed by atoms with E-state index in [4.69, 9.17) is 4.74 Å². The lowest BCUT2D eigenvalue weighted by Gasteiger charge is -2.34. The molecule has 2 fully saturated rings. The number of aromatic amines is 1. The summed E-state index contributed by atoms with van der Waals surface area (Å²) >= 11 is 0. The Morgan fingerprint density at radius 2 is 1.78 bits per heavy atom. The summed E-state index contributed by atoms with van der Waals surface area (Å²) in [7, 11) is -3.45. The minimum atomic E-state index is -4.40. The van der Waals surface area contributed by atoms with Gasteiger partial charge in [0.15, 0.2) is 0 Å². The van der Waals surface area contributed by atoms with E-state index >= 15 is 0 Å². The first-order valence-electron chi connectivity index (χ1n) is 14.0. The van der Waals surface area contributed by atoms with Crippen molar-refractivity contribution in [3.05, 3.63) is 60.2 Å². The zero-order chi connectivity index (χ0) is 28.6. The number of sulfonamides is 1. The van der Waals surface area contributed by atoms with E-state index in [0.717, 1.165) is 78.2 Å². The van der Waals surface area contributed by atoms with Gasteiger partial charge in [-0.05, 0) is 74.8 Å². The molecule has 0 radical (unpaired) electrons. The molecule has 0 spiro atoms. The van der Waals surface area contributed by atoms with Crippen molar-refractivity contribution in [3.8, 4) is 5.75 Å². The van der Waals surface area contributed by atoms with E-state index in [2.05, 4.69) is 20.2 Å². The molecule has 2 aliphatic rings. The largest absolute Gasteiger partial charge is 0.493 e. The molecule has 1 atom stereocenters. The van der Waals surface area contributed by atoms with E-state index in [0.29, 0.717) is 18.8 Å². The molecule has 3 aromatic heterocycles. The Hall–Kier alpha value is -3.25. The molecule has 6 rings (SSSR count). The fraction of sp³-hybridized carbons (Fsp3) is 0.483. The van der Waals surface area contributed by atoms with E-state index in [1.54, 1.807) is 10.5 Å². The van der Waals surface area contributed by atoms with Crippen molar-refractivity contribution in [2.45, 2.75) is 50.6 Å². The molecule has 8 nitrogen and oxygen atoms in total. The molecule has 12 heteroatoms. The highest BCUT2D eigenvalue weighted by molar-refractivity contribution is 7.89. The Kier molecular flexibility index (Phi) is 7.62. The van der Waals surface area contributed by atoms with Crippen LogP contribution in [0, 0.1) is 11.8 Å². The lowest BCUT2D eigenvalue weighted by atomic mass is 9.80. The summed E-state index contributed by atoms with van der Waals surface area (Å²) in [6.45, 7) is 1.11. The molecule has 1 N–H and O–H groups in total. The van der Waals surface area contributed by atoms with Gasteiger partial charge in [0.05, 0.1) is 29.8 Å². The standard InChI is InChI=1S/C29H32F3N5O3S/c30-29(31,32)23-7-9-24(10-8-23)40-17-20-2-1-13-37(16-20)41(38,39)18-19-3-5-21(6-4-19)27-26-22(15-35-36-27)14-34-28-25(26)11-12-33-28/h7-12,14-15,19-21H,1-6,13,16-18H2,(H,33,34). The van der Waals surface area contributed by atoms with Crippen molar-refractivity contribution in [1.29, 1.82) is 0 Å². The van der Waals surface area contributed by atoms with Crippen molar-refractivity contribution in [2.24, 2.45) is 11.8 Å². The molecule has 1 aromatic carbocycles. The molecule has 1 aliphatic heterocycles. The molecule has 1 unspecified atom stereocenters. The van der Waals surface area contributed by atoms with E-state index < -0.39 is 21.8 Å². The maximum Gasteiger partial charge on any atom is 0.416 e. The van der Waals surface area contributed by atoms with Gasteiger partial charge in [-0.1, -0.05) is 0 Å². The Balaban J connectivity index is 1.04. The summed E-state index contributed by atoms with van der Waals surface area (Å²) in [5, 5.41) is 11.8. The number of hydrogen-bond acceptors (Lipinski definition) is 6. The number of piperidine rings is 1. The van der Waals surface area contributed by atoms with Crippen LogP contribution in [0.4, 0.5) is 13.2 Å². The maximum atomic E-state index is 13.4. The molecule has 4 aromatic rings. The first-order valence-corrected chi connectivity index (χ1v) is 15.6. The number of rotatable bonds is 7. The number of H-pyrrole nitrogens is 1. The lowest BCUT2D eigenvalue weighted by Crippen LogP contribution is -2.43. The highest BCUT2D eigenvalue weighted by Gasteiger charge is 2.34. The summed E-state index contributed by atoms with van der Waals surface area (Å²) in [4.78, 5) is 7.61. The van der Waals surface area contributed by atoms with Crippen molar-refractivity contribution >= 4 is 31.8 Å². The quantitative estimate of drug-likeness (QED) is 0.288. The van der Waals surface area contributed by atoms with Crippen LogP contribution in [0.1, 0.15) is 55.7 Å². The Morgan fingerprint density at radius 3 is 2.54 bits per heavy atom. The fourth-order valence-electron chi connectivity index (χ4n) is 6.27. The predicted octanol–water partition coefficient (Wildman–Crippen LogP) is 5.92. The van der Waals surface area contributed by atoms with Gasteiger partial charge in [0.1, 0.15) is 11.4 Å². The minimum Gasteiger partial charge on any atom is -0.493 e. The van der Waals surface area contributed by atoms with E-state index in [-0.39, 0.29) is 30.1 Å². The zero-order valence-corrected chi connectivity index (χ0v) is 23.3. The van der Waals surface area contributed by atoms with Gasteiger partial charge in [0.2, 0.25) is 10.0 Å². The number of aromatic nitrogens is 4. The average molecular weight is 588 g/mol. The van der Waals surface area contributed by atoms with Crippen LogP contribution in [-0.2, 0) is 16.2 Å². The average Bonchev–Trinajstić information content (AvgIpc) is 3.45. The van der Waals surface area contributed by atoms with Gasteiger partial charge in [-0.25, -0.2) is 17.7 Å². The Morgan fingerprint density at radius 1 is 1.00 bits per heavy atom. The zero-order valence-electron chi connectivity index (χ0n) is 22.5. The first-order chi connectivity index (χ1) is 19.7. The van der Waals surface area contributed by atoms with Gasteiger partial charge in [-0.15, -0.1) is 0 Å². The molecule has 218 valence electrons. The minimum absolute atomic E-state index is 0.0127. The molecule has 1 aliphatic carbocycles. The molecule has 0 amide bonds. The third-order valence-electron chi connectivity index (χ3n) is 8.46. The summed E-state index contributed by atoms with van der Waals surface area (Å²) in [6, 6.07) is 6.60. The Labute approximate surface area is 236 Å². The van der Waals surface area contributed by atoms with Crippen LogP contribution < -0.4 is 4.74 Å². The second kappa shape index (κ2) is 11.2. The van der Waals surface area contributed by atoms with Gasteiger partial charge in [-0.2, -0.15) is 23.4 Å². The number of hydrogen-bond donors (Lipinski definition) is 1. The van der Waals surface area contributed by atoms with Crippen molar-refractivity contribution in [1.82, 2.24) is 24.5 Å². The van der Waals surface area contributed by atoms with Gasteiger partial charge in [0.25, 0.3) is 0 Å². The summed E-state index contributed by atoms with van der Waals surface area (Å²) in [6.07, 6.45) is 5.87. The topological polar surface area (TPSA) is 101 Å². The SMILES string of the molecule is O=S(=O)(CC1CCC(c2nncc3cnc4[nH]ccc4c23)CC1)N1CCCC(COc2ccc(C(F)(F)F)cc2)C1. The number of nitrogens with one attached hydrogen (secondary N) is 1. The number of nitrogens with zero attached hydrogens (tertiary/aromatic N) is 4. The fourth-order valence-corrected chi connectivity index (χ4v) is 8.26. The normalized spacial score (nSPS) is 22.8. The predicted molar refractivity (Wildman–Crippen MR) is 149 cm³/mol. The van der Waals surface area contributed by atoms with E-state index in [9.17, 15) is 21.6 Å². The number of ether oxygens (including phenoxy) is 1. The van der Waals surface area contributed by atoms with Crippen molar-refractivity contribution in [3.63, 3.8) is 0 Å². The molecule has 41 heavy (non-hydrogen) atoms. The van der Waals surface area contributed by atoms with Gasteiger partial charge < -0.3 is 9.72 Å². The lowest BCUT2D eigenvalue weighted by molar-refractivity contribution is -0.137. The van der Waals surface area contributed by atoms with Crippen LogP contribution in [0.2, 0.25) is 0 Å². The third kappa shape index (κ3) is 6.04. The van der Waals surface area contributed by atoms with Crippen molar-refractivity contribution < 1.29 is 26.3 Å². The van der Waals surface area contributed by atoms with Crippen LogP contribution >= 0.6 is 0 Å². The summed E-state index contributed by atoms with van der Waals surface area (Å²) < 4.78 is 72.5. The number of pyridine rings is 1. The maximum absolute atomic E-state index is 13.4. The summed E-state index contributed by atoms with van der Waals surface area (Å²) in [5.74, 6) is 0.754. The van der Waals surface area contributed by atoms with Crippen LogP contribution in [0.5, 0.6) is 5.75 Å². The van der Waals surface area contributed by atoms with Crippen molar-refractivity contribution in [2.75, 3.05) is 25.4 Å². The van der Waals surface area contributed by atoms with Gasteiger partial charge >= 0.3 is 6.18 Å². The van der Waals surface area contributed by atoms with E-state index in [1.165, 1.54) is 12.1 Å². The molecule has 1 saturated carbocycles. The highest BCUT2D eigenvalue weighted by atomic mass is 32.2. The third-order valence-corrected chi connectivity index (χ3v) is 10.5. The van der Waals surface area contributed by atoms with Crippen LogP contribution in [-0.4, -0.2) is 58.3 Å². The Bertz CT molecular complexity index is 1620. The number of halogens is 3. The second-order valence-corrected chi connectivity index (χ2v) is 13.3. The molecule has 0 bridgehead atoms. The summed E-state index contributed by atoms with van der Waals surface area (Å²) in [5.41, 5.74) is 1.05. The monoisotopic (exact) mass is 587 g/mol. The first kappa shape index (κ1) is 27.9. The molecular weight excluding hydrogens is 555 g/mol. The molecular formula is C29H32F3N5O3S. The smallest absolute Gasteiger partial charge is 0.416 e. The second-order valence-electron chi connectivity index (χ2n) is 11.3.